The van der Waals surface area contributed by atoms with Crippen LogP contribution in [0.15, 0.2) is 18.7 Å². The van der Waals surface area contributed by atoms with Gasteiger partial charge in [0.2, 0.25) is 5.91 Å². The van der Waals surface area contributed by atoms with Crippen molar-refractivity contribution in [1.82, 2.24) is 34.8 Å². The van der Waals surface area contributed by atoms with Gasteiger partial charge in [-0.3, -0.25) is 9.69 Å². The predicted molar refractivity (Wildman–Crippen MR) is 98.8 cm³/mol. The molecule has 3 fully saturated rings. The fourth-order valence-electron chi connectivity index (χ4n) is 4.18. The summed E-state index contributed by atoms with van der Waals surface area (Å²) in [6, 6.07) is 0.918. The van der Waals surface area contributed by atoms with E-state index < -0.39 is 0 Å². The van der Waals surface area contributed by atoms with Gasteiger partial charge in [-0.2, -0.15) is 0 Å². The van der Waals surface area contributed by atoms with Crippen LogP contribution < -0.4 is 5.32 Å². The Morgan fingerprint density at radius 1 is 1.22 bits per heavy atom. The fraction of sp³-hybridized carbons (Fsp3) is 0.684. The Balaban J connectivity index is 1.30. The van der Waals surface area contributed by atoms with E-state index in [1.54, 1.807) is 0 Å². The molecule has 1 N–H and O–H groups in total. The molecular weight excluding hydrogens is 342 g/mol. The molecule has 2 aromatic rings. The van der Waals surface area contributed by atoms with Crippen LogP contribution in [0.25, 0.3) is 0 Å². The normalized spacial score (nSPS) is 26.3. The number of carbonyl (C=O) groups excluding carboxylic acids is 1. The molecule has 1 aliphatic heterocycles. The third kappa shape index (κ3) is 3.50. The van der Waals surface area contributed by atoms with Crippen LogP contribution in [-0.4, -0.2) is 54.5 Å². The molecule has 5 rings (SSSR count). The molecule has 8 nitrogen and oxygen atoms in total. The molecule has 1 amide bonds. The second-order valence-electron chi connectivity index (χ2n) is 8.43. The van der Waals surface area contributed by atoms with Gasteiger partial charge in [0, 0.05) is 44.8 Å². The average molecular weight is 369 g/mol. The number of nitrogens with one attached hydrogen (secondary N) is 1. The van der Waals surface area contributed by atoms with E-state index in [0.29, 0.717) is 12.1 Å². The Bertz CT molecular complexity index is 820. The van der Waals surface area contributed by atoms with E-state index >= 15 is 0 Å². The first kappa shape index (κ1) is 16.9. The summed E-state index contributed by atoms with van der Waals surface area (Å²) in [5.41, 5.74) is 2.00. The first-order valence-electron chi connectivity index (χ1n) is 10.1. The first-order chi connectivity index (χ1) is 13.2. The summed E-state index contributed by atoms with van der Waals surface area (Å²) in [5, 5.41) is 11.9. The zero-order valence-corrected chi connectivity index (χ0v) is 15.8. The van der Waals surface area contributed by atoms with Crippen molar-refractivity contribution in [3.8, 4) is 0 Å². The number of aryl methyl sites for hydroxylation is 1. The van der Waals surface area contributed by atoms with Crippen molar-refractivity contribution in [2.24, 2.45) is 13.0 Å². The molecule has 144 valence electrons. The summed E-state index contributed by atoms with van der Waals surface area (Å²) in [4.78, 5) is 19.7. The third-order valence-electron chi connectivity index (χ3n) is 6.15. The van der Waals surface area contributed by atoms with Crippen molar-refractivity contribution < 1.29 is 4.79 Å². The van der Waals surface area contributed by atoms with E-state index in [2.05, 4.69) is 31.7 Å². The van der Waals surface area contributed by atoms with Crippen molar-refractivity contribution in [3.05, 3.63) is 30.1 Å². The van der Waals surface area contributed by atoms with Crippen LogP contribution >= 0.6 is 0 Å². The van der Waals surface area contributed by atoms with Crippen LogP contribution in [0, 0.1) is 5.92 Å². The van der Waals surface area contributed by atoms with Crippen molar-refractivity contribution >= 4 is 5.91 Å². The average Bonchev–Trinajstić information content (AvgIpc) is 2.97. The van der Waals surface area contributed by atoms with Crippen LogP contribution in [0.3, 0.4) is 0 Å². The number of likely N-dealkylation sites (tertiary alicyclic amines) is 1. The largest absolute Gasteiger partial charge is 0.353 e. The Morgan fingerprint density at radius 3 is 2.74 bits per heavy atom. The zero-order valence-electron chi connectivity index (χ0n) is 15.8. The van der Waals surface area contributed by atoms with Crippen LogP contribution in [0.5, 0.6) is 0 Å². The molecule has 0 spiro atoms. The third-order valence-corrected chi connectivity index (χ3v) is 6.15. The number of hydrogen-bond acceptors (Lipinski definition) is 5. The Kier molecular flexibility index (Phi) is 4.22. The van der Waals surface area contributed by atoms with Gasteiger partial charge in [0.1, 0.15) is 0 Å². The SMILES string of the molecule is Cn1cnc([C@@H]2CN(Cc3cn(C4CCC4)nn3)C[C@H]2C(=O)NC2CC2)c1. The van der Waals surface area contributed by atoms with Crippen molar-refractivity contribution in [2.75, 3.05) is 13.1 Å². The molecular formula is C19H27N7O. The van der Waals surface area contributed by atoms with E-state index in [1.807, 2.05) is 28.8 Å². The minimum absolute atomic E-state index is 0.0535. The summed E-state index contributed by atoms with van der Waals surface area (Å²) in [7, 11) is 1.97. The van der Waals surface area contributed by atoms with Gasteiger partial charge in [0.25, 0.3) is 0 Å². The van der Waals surface area contributed by atoms with Gasteiger partial charge in [0.05, 0.1) is 35.9 Å². The molecule has 8 heteroatoms. The minimum Gasteiger partial charge on any atom is -0.353 e. The Morgan fingerprint density at radius 2 is 2.07 bits per heavy atom. The summed E-state index contributed by atoms with van der Waals surface area (Å²) in [6.45, 7) is 2.31. The number of nitrogens with zero attached hydrogens (tertiary/aromatic N) is 6. The smallest absolute Gasteiger partial charge is 0.225 e. The lowest BCUT2D eigenvalue weighted by atomic mass is 9.92. The van der Waals surface area contributed by atoms with E-state index in [-0.39, 0.29) is 17.7 Å². The quantitative estimate of drug-likeness (QED) is 0.828. The van der Waals surface area contributed by atoms with Crippen LogP contribution in [0.4, 0.5) is 0 Å². The van der Waals surface area contributed by atoms with Crippen LogP contribution in [0.2, 0.25) is 0 Å². The molecule has 2 aromatic heterocycles. The van der Waals surface area contributed by atoms with Gasteiger partial charge in [-0.15, -0.1) is 5.10 Å². The zero-order chi connectivity index (χ0) is 18.4. The molecule has 27 heavy (non-hydrogen) atoms. The lowest BCUT2D eigenvalue weighted by Gasteiger charge is -2.24. The second kappa shape index (κ2) is 6.74. The molecule has 2 aliphatic carbocycles. The summed E-state index contributed by atoms with van der Waals surface area (Å²) in [6.07, 6.45) is 11.9. The highest BCUT2D eigenvalue weighted by atomic mass is 16.2. The number of imidazole rings is 1. The molecule has 0 radical (unpaired) electrons. The fourth-order valence-corrected chi connectivity index (χ4v) is 4.18. The molecule has 0 aromatic carbocycles. The van der Waals surface area contributed by atoms with Gasteiger partial charge in [0.15, 0.2) is 0 Å². The molecule has 2 atom stereocenters. The van der Waals surface area contributed by atoms with E-state index in [0.717, 1.165) is 43.9 Å². The van der Waals surface area contributed by atoms with Crippen molar-refractivity contribution in [1.29, 1.82) is 0 Å². The second-order valence-corrected chi connectivity index (χ2v) is 8.43. The highest BCUT2D eigenvalue weighted by Crippen LogP contribution is 2.34. The maximum Gasteiger partial charge on any atom is 0.225 e. The summed E-state index contributed by atoms with van der Waals surface area (Å²) >= 11 is 0. The molecule has 2 saturated carbocycles. The topological polar surface area (TPSA) is 80.9 Å². The minimum atomic E-state index is -0.0535. The van der Waals surface area contributed by atoms with Crippen molar-refractivity contribution in [3.63, 3.8) is 0 Å². The lowest BCUT2D eigenvalue weighted by Crippen LogP contribution is -2.36. The molecule has 0 bridgehead atoms. The lowest BCUT2D eigenvalue weighted by molar-refractivity contribution is -0.125. The molecule has 3 heterocycles. The van der Waals surface area contributed by atoms with Crippen molar-refractivity contribution in [2.45, 2.75) is 56.7 Å². The number of hydrogen-bond donors (Lipinski definition) is 1. The predicted octanol–water partition coefficient (Wildman–Crippen LogP) is 1.23. The highest BCUT2D eigenvalue weighted by Gasteiger charge is 2.41. The molecule has 1 saturated heterocycles. The van der Waals surface area contributed by atoms with E-state index in [1.165, 1.54) is 19.3 Å². The summed E-state index contributed by atoms with van der Waals surface area (Å²) < 4.78 is 3.97. The van der Waals surface area contributed by atoms with Gasteiger partial charge in [-0.05, 0) is 32.1 Å². The Hall–Kier alpha value is -2.22. The summed E-state index contributed by atoms with van der Waals surface area (Å²) in [5.74, 6) is 0.252. The van der Waals surface area contributed by atoms with Gasteiger partial charge in [-0.1, -0.05) is 5.21 Å². The van der Waals surface area contributed by atoms with E-state index in [4.69, 9.17) is 0 Å². The number of amides is 1. The molecule has 0 unspecified atom stereocenters. The number of rotatable bonds is 6. The van der Waals surface area contributed by atoms with Gasteiger partial charge >= 0.3 is 0 Å². The first-order valence-corrected chi connectivity index (χ1v) is 10.1. The maximum absolute atomic E-state index is 12.8. The number of aromatic nitrogens is 5. The Labute approximate surface area is 158 Å². The van der Waals surface area contributed by atoms with Crippen LogP contribution in [0.1, 0.15) is 55.5 Å². The van der Waals surface area contributed by atoms with Gasteiger partial charge in [-0.25, -0.2) is 9.67 Å². The maximum atomic E-state index is 12.8. The number of carbonyl (C=O) groups is 1. The standard InChI is InChI=1S/C19H27N7O/c1-24-11-18(20-12-24)16-9-25(10-17(16)19(27)21-13-5-6-13)7-14-8-26(23-22-14)15-3-2-4-15/h8,11-13,15-17H,2-7,9-10H2,1H3,(H,21,27)/t16-,17-/m1/s1. The van der Waals surface area contributed by atoms with E-state index in [9.17, 15) is 4.79 Å². The van der Waals surface area contributed by atoms with Gasteiger partial charge < -0.3 is 9.88 Å². The monoisotopic (exact) mass is 369 g/mol. The highest BCUT2D eigenvalue weighted by molar-refractivity contribution is 5.81. The van der Waals surface area contributed by atoms with Crippen LogP contribution in [-0.2, 0) is 18.4 Å². The molecule has 3 aliphatic rings.